The topological polar surface area (TPSA) is 29.3 Å². The van der Waals surface area contributed by atoms with E-state index in [0.29, 0.717) is 12.1 Å². The minimum atomic E-state index is 0.440. The first-order valence-electron chi connectivity index (χ1n) is 5.09. The van der Waals surface area contributed by atoms with Gasteiger partial charge in [0.1, 0.15) is 0 Å². The summed E-state index contributed by atoms with van der Waals surface area (Å²) in [5, 5.41) is 0. The SMILES string of the molecule is CC(C)N(C)C(C)c1ccc(N)cc1. The van der Waals surface area contributed by atoms with Gasteiger partial charge in [0.2, 0.25) is 0 Å². The zero-order valence-electron chi connectivity index (χ0n) is 9.49. The molecule has 0 heterocycles. The standard InChI is InChI=1S/C12H20N2/c1-9(2)14(4)10(3)11-5-7-12(13)8-6-11/h5-10H,13H2,1-4H3. The van der Waals surface area contributed by atoms with E-state index in [9.17, 15) is 0 Å². The smallest absolute Gasteiger partial charge is 0.0319 e. The zero-order valence-corrected chi connectivity index (χ0v) is 9.49. The third-order valence-electron chi connectivity index (χ3n) is 2.84. The predicted octanol–water partition coefficient (Wildman–Crippen LogP) is 2.67. The Morgan fingerprint density at radius 1 is 1.07 bits per heavy atom. The number of rotatable bonds is 3. The van der Waals surface area contributed by atoms with Gasteiger partial charge in [0.15, 0.2) is 0 Å². The van der Waals surface area contributed by atoms with Crippen molar-refractivity contribution in [2.24, 2.45) is 0 Å². The highest BCUT2D eigenvalue weighted by Gasteiger charge is 2.13. The zero-order chi connectivity index (χ0) is 10.7. The van der Waals surface area contributed by atoms with E-state index in [4.69, 9.17) is 5.73 Å². The van der Waals surface area contributed by atoms with Crippen LogP contribution >= 0.6 is 0 Å². The summed E-state index contributed by atoms with van der Waals surface area (Å²) < 4.78 is 0. The molecule has 1 rings (SSSR count). The van der Waals surface area contributed by atoms with Gasteiger partial charge in [-0.15, -0.1) is 0 Å². The molecule has 0 amide bonds. The average Bonchev–Trinajstić information content (AvgIpc) is 2.16. The highest BCUT2D eigenvalue weighted by atomic mass is 15.1. The molecule has 0 aromatic heterocycles. The monoisotopic (exact) mass is 192 g/mol. The highest BCUT2D eigenvalue weighted by Crippen LogP contribution is 2.21. The van der Waals surface area contributed by atoms with Crippen LogP contribution in [0.5, 0.6) is 0 Å². The highest BCUT2D eigenvalue weighted by molar-refractivity contribution is 5.40. The first kappa shape index (κ1) is 11.1. The Labute approximate surface area is 86.7 Å². The van der Waals surface area contributed by atoms with Gasteiger partial charge in [-0.05, 0) is 45.5 Å². The van der Waals surface area contributed by atoms with Crippen molar-refractivity contribution in [3.8, 4) is 0 Å². The number of hydrogen-bond acceptors (Lipinski definition) is 2. The van der Waals surface area contributed by atoms with Crippen molar-refractivity contribution in [2.45, 2.75) is 32.9 Å². The van der Waals surface area contributed by atoms with Crippen molar-refractivity contribution in [1.29, 1.82) is 0 Å². The van der Waals surface area contributed by atoms with Crippen LogP contribution in [0.25, 0.3) is 0 Å². The van der Waals surface area contributed by atoms with E-state index in [1.165, 1.54) is 5.56 Å². The molecule has 0 fully saturated rings. The lowest BCUT2D eigenvalue weighted by Crippen LogP contribution is -2.29. The Kier molecular flexibility index (Phi) is 3.53. The van der Waals surface area contributed by atoms with Gasteiger partial charge in [-0.25, -0.2) is 0 Å². The molecule has 78 valence electrons. The molecule has 0 saturated heterocycles. The van der Waals surface area contributed by atoms with Crippen LogP contribution in [0.1, 0.15) is 32.4 Å². The van der Waals surface area contributed by atoms with Gasteiger partial charge in [-0.3, -0.25) is 4.90 Å². The average molecular weight is 192 g/mol. The number of anilines is 1. The van der Waals surface area contributed by atoms with Crippen molar-refractivity contribution < 1.29 is 0 Å². The second kappa shape index (κ2) is 4.47. The maximum atomic E-state index is 5.65. The third-order valence-corrected chi connectivity index (χ3v) is 2.84. The van der Waals surface area contributed by atoms with E-state index in [0.717, 1.165) is 5.69 Å². The van der Waals surface area contributed by atoms with Crippen LogP contribution in [-0.4, -0.2) is 18.0 Å². The van der Waals surface area contributed by atoms with E-state index < -0.39 is 0 Å². The summed E-state index contributed by atoms with van der Waals surface area (Å²) in [6.07, 6.45) is 0. The molecular weight excluding hydrogens is 172 g/mol. The van der Waals surface area contributed by atoms with E-state index in [2.05, 4.69) is 44.9 Å². The summed E-state index contributed by atoms with van der Waals surface area (Å²) in [7, 11) is 2.14. The summed E-state index contributed by atoms with van der Waals surface area (Å²) in [4.78, 5) is 2.34. The molecule has 0 spiro atoms. The minimum absolute atomic E-state index is 0.440. The predicted molar refractivity (Wildman–Crippen MR) is 62.2 cm³/mol. The molecule has 2 nitrogen and oxygen atoms in total. The lowest BCUT2D eigenvalue weighted by molar-refractivity contribution is 0.210. The number of nitrogens with zero attached hydrogens (tertiary/aromatic N) is 1. The molecule has 1 aromatic rings. The maximum absolute atomic E-state index is 5.65. The summed E-state index contributed by atoms with van der Waals surface area (Å²) in [5.41, 5.74) is 7.79. The van der Waals surface area contributed by atoms with Gasteiger partial charge in [0.05, 0.1) is 0 Å². The Morgan fingerprint density at radius 2 is 1.57 bits per heavy atom. The first-order valence-corrected chi connectivity index (χ1v) is 5.09. The fourth-order valence-corrected chi connectivity index (χ4v) is 1.46. The molecule has 0 aliphatic carbocycles. The Balaban J connectivity index is 2.78. The molecule has 0 radical (unpaired) electrons. The molecular formula is C12H20N2. The molecule has 1 unspecified atom stereocenters. The summed E-state index contributed by atoms with van der Waals surface area (Å²) in [5.74, 6) is 0. The molecule has 2 heteroatoms. The molecule has 0 bridgehead atoms. The third kappa shape index (κ3) is 2.48. The summed E-state index contributed by atoms with van der Waals surface area (Å²) in [6, 6.07) is 9.11. The number of nitrogens with two attached hydrogens (primary N) is 1. The fraction of sp³-hybridized carbons (Fsp3) is 0.500. The Morgan fingerprint density at radius 3 is 2.00 bits per heavy atom. The van der Waals surface area contributed by atoms with Crippen molar-refractivity contribution in [3.05, 3.63) is 29.8 Å². The van der Waals surface area contributed by atoms with Crippen molar-refractivity contribution in [3.63, 3.8) is 0 Å². The fourth-order valence-electron chi connectivity index (χ4n) is 1.46. The molecule has 14 heavy (non-hydrogen) atoms. The van der Waals surface area contributed by atoms with E-state index >= 15 is 0 Å². The van der Waals surface area contributed by atoms with E-state index in [1.54, 1.807) is 0 Å². The van der Waals surface area contributed by atoms with Gasteiger partial charge in [-0.2, -0.15) is 0 Å². The number of benzene rings is 1. The molecule has 0 aliphatic heterocycles. The number of nitrogen functional groups attached to an aromatic ring is 1. The van der Waals surface area contributed by atoms with Crippen LogP contribution in [0, 0.1) is 0 Å². The Bertz CT molecular complexity index is 277. The normalized spacial score (nSPS) is 13.6. The van der Waals surface area contributed by atoms with Gasteiger partial charge in [0.25, 0.3) is 0 Å². The largest absolute Gasteiger partial charge is 0.399 e. The quantitative estimate of drug-likeness (QED) is 0.746. The van der Waals surface area contributed by atoms with Gasteiger partial charge in [-0.1, -0.05) is 12.1 Å². The maximum Gasteiger partial charge on any atom is 0.0319 e. The first-order chi connectivity index (χ1) is 6.52. The summed E-state index contributed by atoms with van der Waals surface area (Å²) in [6.45, 7) is 6.62. The molecule has 0 saturated carbocycles. The molecule has 1 atom stereocenters. The number of hydrogen-bond donors (Lipinski definition) is 1. The van der Waals surface area contributed by atoms with Crippen LogP contribution in [0.4, 0.5) is 5.69 Å². The second-order valence-electron chi connectivity index (χ2n) is 4.10. The van der Waals surface area contributed by atoms with Crippen molar-refractivity contribution in [1.82, 2.24) is 4.90 Å². The lowest BCUT2D eigenvalue weighted by Gasteiger charge is -2.28. The van der Waals surface area contributed by atoms with Gasteiger partial charge < -0.3 is 5.73 Å². The van der Waals surface area contributed by atoms with E-state index in [-0.39, 0.29) is 0 Å². The van der Waals surface area contributed by atoms with Crippen LogP contribution in [0.15, 0.2) is 24.3 Å². The Hall–Kier alpha value is -1.02. The lowest BCUT2D eigenvalue weighted by atomic mass is 10.1. The molecule has 0 aliphatic rings. The molecule has 2 N–H and O–H groups in total. The van der Waals surface area contributed by atoms with Crippen LogP contribution in [-0.2, 0) is 0 Å². The van der Waals surface area contributed by atoms with Crippen LogP contribution < -0.4 is 5.73 Å². The van der Waals surface area contributed by atoms with Crippen molar-refractivity contribution in [2.75, 3.05) is 12.8 Å². The van der Waals surface area contributed by atoms with Crippen LogP contribution in [0.3, 0.4) is 0 Å². The molecule has 1 aromatic carbocycles. The van der Waals surface area contributed by atoms with Crippen molar-refractivity contribution >= 4 is 5.69 Å². The minimum Gasteiger partial charge on any atom is -0.399 e. The second-order valence-corrected chi connectivity index (χ2v) is 4.10. The summed E-state index contributed by atoms with van der Waals surface area (Å²) >= 11 is 0. The van der Waals surface area contributed by atoms with Crippen LogP contribution in [0.2, 0.25) is 0 Å². The van der Waals surface area contributed by atoms with E-state index in [1.807, 2.05) is 12.1 Å². The van der Waals surface area contributed by atoms with Gasteiger partial charge in [0, 0.05) is 17.8 Å². The van der Waals surface area contributed by atoms with Gasteiger partial charge >= 0.3 is 0 Å².